The zero-order valence-electron chi connectivity index (χ0n) is 17.3. The Morgan fingerprint density at radius 3 is 2.39 bits per heavy atom. The van der Waals surface area contributed by atoms with Crippen LogP contribution < -0.4 is 4.80 Å². The third-order valence-electron chi connectivity index (χ3n) is 4.44. The fourth-order valence-corrected chi connectivity index (χ4v) is 4.62. The van der Waals surface area contributed by atoms with Gasteiger partial charge in [0.2, 0.25) is 0 Å². The first-order chi connectivity index (χ1) is 14.7. The van der Waals surface area contributed by atoms with E-state index in [2.05, 4.69) is 4.99 Å². The second kappa shape index (κ2) is 9.54. The molecule has 0 N–H and O–H groups in total. The molecule has 1 amide bonds. The van der Waals surface area contributed by atoms with Crippen molar-refractivity contribution >= 4 is 43.3 Å². The van der Waals surface area contributed by atoms with Gasteiger partial charge >= 0.3 is 5.97 Å². The Balaban J connectivity index is 2.05. The van der Waals surface area contributed by atoms with Crippen molar-refractivity contribution < 1.29 is 27.5 Å². The molecule has 0 unspecified atom stereocenters. The number of hydrogen-bond acceptors (Lipinski definition) is 7. The number of aromatic nitrogens is 1. The molecule has 0 atom stereocenters. The number of fused-ring (bicyclic) bond motifs is 1. The van der Waals surface area contributed by atoms with Crippen LogP contribution in [0.2, 0.25) is 0 Å². The van der Waals surface area contributed by atoms with Gasteiger partial charge in [-0.15, -0.1) is 0 Å². The monoisotopic (exact) mass is 462 g/mol. The van der Waals surface area contributed by atoms with Gasteiger partial charge in [-0.2, -0.15) is 4.99 Å². The lowest BCUT2D eigenvalue weighted by Crippen LogP contribution is -2.19. The van der Waals surface area contributed by atoms with E-state index in [1.807, 2.05) is 4.57 Å². The van der Waals surface area contributed by atoms with Crippen LogP contribution in [-0.2, 0) is 25.9 Å². The predicted molar refractivity (Wildman–Crippen MR) is 117 cm³/mol. The smallest absolute Gasteiger partial charge is 0.338 e. The van der Waals surface area contributed by atoms with Crippen molar-refractivity contribution in [2.75, 3.05) is 26.6 Å². The minimum Gasteiger partial charge on any atom is -0.462 e. The summed E-state index contributed by atoms with van der Waals surface area (Å²) in [7, 11) is -1.77. The van der Waals surface area contributed by atoms with Crippen molar-refractivity contribution in [1.29, 1.82) is 0 Å². The van der Waals surface area contributed by atoms with E-state index in [4.69, 9.17) is 9.47 Å². The van der Waals surface area contributed by atoms with E-state index in [0.29, 0.717) is 23.5 Å². The normalized spacial score (nSPS) is 12.3. The number of rotatable bonds is 7. The van der Waals surface area contributed by atoms with Crippen molar-refractivity contribution in [3.8, 4) is 0 Å². The summed E-state index contributed by atoms with van der Waals surface area (Å²) in [5, 5.41) is 0. The largest absolute Gasteiger partial charge is 0.462 e. The Kier molecular flexibility index (Phi) is 7.04. The van der Waals surface area contributed by atoms with E-state index in [1.165, 1.54) is 35.6 Å². The number of benzene rings is 2. The molecule has 10 heteroatoms. The zero-order chi connectivity index (χ0) is 22.6. The summed E-state index contributed by atoms with van der Waals surface area (Å²) in [6.45, 7) is 2.90. The number of sulfone groups is 1. The maximum Gasteiger partial charge on any atom is 0.338 e. The van der Waals surface area contributed by atoms with Crippen LogP contribution in [0.3, 0.4) is 0 Å². The molecule has 1 heterocycles. The molecule has 0 aliphatic rings. The summed E-state index contributed by atoms with van der Waals surface area (Å²) in [6.07, 6.45) is 1.11. The summed E-state index contributed by atoms with van der Waals surface area (Å²) >= 11 is 1.27. The van der Waals surface area contributed by atoms with E-state index >= 15 is 0 Å². The standard InChI is InChI=1S/C21H22N2O6S2/c1-4-29-20(25)15-7-10-17-18(13-15)30-21(23(17)11-12-28-2)22-19(24)14-5-8-16(9-6-14)31(3,26)27/h5-10,13H,4,11-12H2,1-3H3. The highest BCUT2D eigenvalue weighted by molar-refractivity contribution is 7.90. The highest BCUT2D eigenvalue weighted by Crippen LogP contribution is 2.20. The lowest BCUT2D eigenvalue weighted by molar-refractivity contribution is 0.0526. The number of hydrogen-bond donors (Lipinski definition) is 0. The molecule has 0 fully saturated rings. The summed E-state index contributed by atoms with van der Waals surface area (Å²) in [5.74, 6) is -0.912. The number of methoxy groups -OCH3 is 1. The van der Waals surface area contributed by atoms with Crippen molar-refractivity contribution in [2.24, 2.45) is 4.99 Å². The van der Waals surface area contributed by atoms with Gasteiger partial charge in [0.25, 0.3) is 5.91 Å². The fraction of sp³-hybridized carbons (Fsp3) is 0.286. The molecule has 0 aliphatic carbocycles. The highest BCUT2D eigenvalue weighted by atomic mass is 32.2. The van der Waals surface area contributed by atoms with Gasteiger partial charge in [0, 0.05) is 25.5 Å². The third kappa shape index (κ3) is 5.27. The van der Waals surface area contributed by atoms with Gasteiger partial charge in [0.1, 0.15) is 0 Å². The Labute approximate surface area is 183 Å². The Morgan fingerprint density at radius 1 is 1.10 bits per heavy atom. The van der Waals surface area contributed by atoms with Crippen LogP contribution in [0.25, 0.3) is 10.2 Å². The first kappa shape index (κ1) is 22.9. The van der Waals surface area contributed by atoms with E-state index in [-0.39, 0.29) is 17.1 Å². The van der Waals surface area contributed by atoms with Crippen LogP contribution in [0.5, 0.6) is 0 Å². The van der Waals surface area contributed by atoms with Crippen molar-refractivity contribution in [1.82, 2.24) is 4.57 Å². The van der Waals surface area contributed by atoms with Crippen molar-refractivity contribution in [3.05, 3.63) is 58.4 Å². The second-order valence-corrected chi connectivity index (χ2v) is 9.67. The molecule has 8 nitrogen and oxygen atoms in total. The minimum absolute atomic E-state index is 0.132. The number of carbonyl (C=O) groups excluding carboxylic acids is 2. The van der Waals surface area contributed by atoms with Crippen LogP contribution in [-0.4, -0.2) is 51.4 Å². The molecule has 0 spiro atoms. The van der Waals surface area contributed by atoms with Crippen LogP contribution in [0.4, 0.5) is 0 Å². The van der Waals surface area contributed by atoms with E-state index in [9.17, 15) is 18.0 Å². The fourth-order valence-electron chi connectivity index (χ4n) is 2.89. The molecule has 31 heavy (non-hydrogen) atoms. The number of carbonyl (C=O) groups is 2. The number of nitrogens with zero attached hydrogens (tertiary/aromatic N) is 2. The quantitative estimate of drug-likeness (QED) is 0.500. The van der Waals surface area contributed by atoms with Gasteiger partial charge in [-0.1, -0.05) is 11.3 Å². The molecule has 0 bridgehead atoms. The Bertz CT molecular complexity index is 1290. The van der Waals surface area contributed by atoms with E-state index < -0.39 is 21.7 Å². The molecular formula is C21H22N2O6S2. The minimum atomic E-state index is -3.35. The van der Waals surface area contributed by atoms with E-state index in [1.54, 1.807) is 32.2 Å². The van der Waals surface area contributed by atoms with Gasteiger partial charge < -0.3 is 14.0 Å². The van der Waals surface area contributed by atoms with Crippen molar-refractivity contribution in [3.63, 3.8) is 0 Å². The van der Waals surface area contributed by atoms with Gasteiger partial charge in [-0.3, -0.25) is 4.79 Å². The van der Waals surface area contributed by atoms with E-state index in [0.717, 1.165) is 16.5 Å². The molecule has 2 aromatic carbocycles. The molecule has 3 aromatic rings. The first-order valence-corrected chi connectivity index (χ1v) is 12.1. The molecule has 0 aliphatic heterocycles. The van der Waals surface area contributed by atoms with Gasteiger partial charge in [-0.25, -0.2) is 13.2 Å². The lowest BCUT2D eigenvalue weighted by Gasteiger charge is -2.05. The van der Waals surface area contributed by atoms with Gasteiger partial charge in [0.05, 0.1) is 33.9 Å². The number of esters is 1. The summed E-state index contributed by atoms with van der Waals surface area (Å²) < 4.78 is 36.1. The van der Waals surface area contributed by atoms with Gasteiger partial charge in [0.15, 0.2) is 14.6 Å². The maximum atomic E-state index is 12.7. The molecule has 0 saturated heterocycles. The molecule has 0 radical (unpaired) electrons. The first-order valence-electron chi connectivity index (χ1n) is 9.43. The Morgan fingerprint density at radius 2 is 1.77 bits per heavy atom. The summed E-state index contributed by atoms with van der Waals surface area (Å²) in [5.41, 5.74) is 1.51. The predicted octanol–water partition coefficient (Wildman–Crippen LogP) is 2.67. The van der Waals surface area contributed by atoms with Gasteiger partial charge in [-0.05, 0) is 49.4 Å². The third-order valence-corrected chi connectivity index (χ3v) is 6.61. The average molecular weight is 463 g/mol. The van der Waals surface area contributed by atoms with Crippen LogP contribution in [0, 0.1) is 0 Å². The van der Waals surface area contributed by atoms with Crippen LogP contribution in [0.15, 0.2) is 52.4 Å². The molecule has 164 valence electrons. The van der Waals surface area contributed by atoms with Crippen LogP contribution in [0.1, 0.15) is 27.6 Å². The summed E-state index contributed by atoms with van der Waals surface area (Å²) in [4.78, 5) is 29.6. The summed E-state index contributed by atoms with van der Waals surface area (Å²) in [6, 6.07) is 10.8. The Hall–Kier alpha value is -2.82. The molecular weight excluding hydrogens is 440 g/mol. The number of thiazole rings is 1. The number of amides is 1. The zero-order valence-corrected chi connectivity index (χ0v) is 19.0. The lowest BCUT2D eigenvalue weighted by atomic mass is 10.2. The average Bonchev–Trinajstić information content (AvgIpc) is 3.07. The molecule has 1 aromatic heterocycles. The molecule has 0 saturated carbocycles. The highest BCUT2D eigenvalue weighted by Gasteiger charge is 2.14. The topological polar surface area (TPSA) is 104 Å². The number of ether oxygens (including phenoxy) is 2. The van der Waals surface area contributed by atoms with Crippen LogP contribution >= 0.6 is 11.3 Å². The maximum absolute atomic E-state index is 12.7. The molecule has 3 rings (SSSR count). The van der Waals surface area contributed by atoms with Crippen molar-refractivity contribution in [2.45, 2.75) is 18.4 Å². The second-order valence-electron chi connectivity index (χ2n) is 6.65. The SMILES string of the molecule is CCOC(=O)c1ccc2c(c1)sc(=NC(=O)c1ccc(S(C)(=O)=O)cc1)n2CCOC.